The van der Waals surface area contributed by atoms with E-state index in [0.29, 0.717) is 6.54 Å². The smallest absolute Gasteiger partial charge is 0.320 e. The minimum Gasteiger partial charge on any atom is -0.480 e. The van der Waals surface area contributed by atoms with E-state index in [2.05, 4.69) is 17.6 Å². The first-order chi connectivity index (χ1) is 7.65. The van der Waals surface area contributed by atoms with E-state index >= 15 is 0 Å². The summed E-state index contributed by atoms with van der Waals surface area (Å²) in [5, 5.41) is 14.5. The van der Waals surface area contributed by atoms with Crippen molar-refractivity contribution in [2.45, 2.75) is 38.6 Å². The van der Waals surface area contributed by atoms with Crippen molar-refractivity contribution in [2.75, 3.05) is 13.1 Å². The second-order valence-electron chi connectivity index (χ2n) is 4.24. The van der Waals surface area contributed by atoms with E-state index in [1.807, 2.05) is 0 Å². The van der Waals surface area contributed by atoms with Crippen molar-refractivity contribution in [2.24, 2.45) is 5.92 Å². The summed E-state index contributed by atoms with van der Waals surface area (Å²) in [5.74, 6) is -0.773. The summed E-state index contributed by atoms with van der Waals surface area (Å²) in [6, 6.07) is -0.558. The number of carboxylic acids is 1. The van der Waals surface area contributed by atoms with Crippen LogP contribution in [-0.4, -0.2) is 36.1 Å². The highest BCUT2D eigenvalue weighted by Gasteiger charge is 2.35. The van der Waals surface area contributed by atoms with Crippen LogP contribution in [0.5, 0.6) is 0 Å². The van der Waals surface area contributed by atoms with Crippen LogP contribution in [0.3, 0.4) is 0 Å². The molecule has 16 heavy (non-hydrogen) atoms. The zero-order valence-corrected chi connectivity index (χ0v) is 9.66. The molecule has 3 N–H and O–H groups in total. The van der Waals surface area contributed by atoms with Gasteiger partial charge >= 0.3 is 5.97 Å². The monoisotopic (exact) mass is 228 g/mol. The molecule has 0 radical (unpaired) electrons. The lowest BCUT2D eigenvalue weighted by molar-refractivity contribution is -0.140. The van der Waals surface area contributed by atoms with Crippen molar-refractivity contribution < 1.29 is 14.7 Å². The van der Waals surface area contributed by atoms with Crippen LogP contribution in [0.1, 0.15) is 32.6 Å². The number of aliphatic carboxylic acids is 1. The van der Waals surface area contributed by atoms with E-state index in [1.165, 1.54) is 0 Å². The quantitative estimate of drug-likeness (QED) is 0.524. The zero-order valence-electron chi connectivity index (χ0n) is 9.66. The molecule has 5 nitrogen and oxygen atoms in total. The van der Waals surface area contributed by atoms with Gasteiger partial charge in [-0.25, -0.2) is 0 Å². The Hall–Kier alpha value is -1.10. The third-order valence-corrected chi connectivity index (χ3v) is 2.69. The molecule has 0 spiro atoms. The Balaban J connectivity index is 2.16. The summed E-state index contributed by atoms with van der Waals surface area (Å²) in [5.41, 5.74) is 0. The molecule has 1 rings (SSSR count). The van der Waals surface area contributed by atoms with Crippen molar-refractivity contribution in [1.29, 1.82) is 0 Å². The molecule has 0 aromatic carbocycles. The fourth-order valence-electron chi connectivity index (χ4n) is 1.55. The van der Waals surface area contributed by atoms with Crippen molar-refractivity contribution in [3.63, 3.8) is 0 Å². The van der Waals surface area contributed by atoms with Crippen molar-refractivity contribution in [3.8, 4) is 0 Å². The van der Waals surface area contributed by atoms with Crippen LogP contribution in [0.4, 0.5) is 0 Å². The fraction of sp³-hybridized carbons (Fsp3) is 0.818. The lowest BCUT2D eigenvalue weighted by atomic mass is 10.2. The minimum atomic E-state index is -0.858. The molecule has 0 aromatic heterocycles. The summed E-state index contributed by atoms with van der Waals surface area (Å²) < 4.78 is 0. The lowest BCUT2D eigenvalue weighted by Gasteiger charge is -2.13. The fourth-order valence-corrected chi connectivity index (χ4v) is 1.55. The van der Waals surface area contributed by atoms with Crippen molar-refractivity contribution in [1.82, 2.24) is 10.6 Å². The Bertz CT molecular complexity index is 252. The molecule has 1 unspecified atom stereocenters. The molecular weight excluding hydrogens is 208 g/mol. The van der Waals surface area contributed by atoms with E-state index < -0.39 is 12.0 Å². The topological polar surface area (TPSA) is 78.4 Å². The van der Waals surface area contributed by atoms with Crippen LogP contribution in [0.25, 0.3) is 0 Å². The van der Waals surface area contributed by atoms with E-state index in [0.717, 1.165) is 25.7 Å². The predicted octanol–water partition coefficient (Wildman–Crippen LogP) is 0.355. The predicted molar refractivity (Wildman–Crippen MR) is 60.1 cm³/mol. The molecule has 0 saturated heterocycles. The normalized spacial score (nSPS) is 16.8. The van der Waals surface area contributed by atoms with Gasteiger partial charge in [0.15, 0.2) is 0 Å². The summed E-state index contributed by atoms with van der Waals surface area (Å²) in [6.45, 7) is 2.81. The molecule has 0 aliphatic heterocycles. The van der Waals surface area contributed by atoms with E-state index in [4.69, 9.17) is 5.11 Å². The van der Waals surface area contributed by atoms with Gasteiger partial charge in [0.1, 0.15) is 6.04 Å². The Kier molecular flexibility index (Phi) is 5.25. The Morgan fingerprint density at radius 1 is 1.44 bits per heavy atom. The molecule has 0 aromatic rings. The Morgan fingerprint density at radius 3 is 2.62 bits per heavy atom. The summed E-state index contributed by atoms with van der Waals surface area (Å²) >= 11 is 0. The van der Waals surface area contributed by atoms with Gasteiger partial charge in [-0.2, -0.15) is 0 Å². The van der Waals surface area contributed by atoms with Crippen LogP contribution in [0.15, 0.2) is 0 Å². The van der Waals surface area contributed by atoms with Gasteiger partial charge in [0.2, 0.25) is 5.91 Å². The molecule has 1 aliphatic carbocycles. The minimum absolute atomic E-state index is 0.0944. The van der Waals surface area contributed by atoms with Crippen molar-refractivity contribution in [3.05, 3.63) is 0 Å². The highest BCUT2D eigenvalue weighted by Crippen LogP contribution is 2.32. The van der Waals surface area contributed by atoms with E-state index in [9.17, 15) is 9.59 Å². The Labute approximate surface area is 95.6 Å². The zero-order chi connectivity index (χ0) is 12.0. The highest BCUT2D eigenvalue weighted by molar-refractivity contribution is 5.80. The first kappa shape index (κ1) is 13.0. The number of nitrogens with one attached hydrogen (secondary N) is 2. The standard InChI is InChI=1S/C11H20N2O3/c1-2-3-6-12-9(14)7-13-10(11(15)16)8-4-5-8/h8,10,13H,2-7H2,1H3,(H,12,14)(H,15,16). The maximum atomic E-state index is 11.3. The first-order valence-electron chi connectivity index (χ1n) is 5.88. The second kappa shape index (κ2) is 6.48. The number of rotatable bonds is 8. The van der Waals surface area contributed by atoms with Gasteiger partial charge in [-0.05, 0) is 25.2 Å². The maximum absolute atomic E-state index is 11.3. The molecular formula is C11H20N2O3. The van der Waals surface area contributed by atoms with Gasteiger partial charge in [0.05, 0.1) is 6.54 Å². The average Bonchev–Trinajstić information content (AvgIpc) is 3.02. The summed E-state index contributed by atoms with van der Waals surface area (Å²) in [4.78, 5) is 22.2. The number of carboxylic acid groups (broad SMARTS) is 1. The Morgan fingerprint density at radius 2 is 2.12 bits per heavy atom. The molecule has 1 aliphatic rings. The number of carbonyl (C=O) groups excluding carboxylic acids is 1. The molecule has 1 fully saturated rings. The molecule has 5 heteroatoms. The van der Waals surface area contributed by atoms with Crippen LogP contribution in [0.2, 0.25) is 0 Å². The second-order valence-corrected chi connectivity index (χ2v) is 4.24. The number of hydrogen-bond donors (Lipinski definition) is 3. The molecule has 92 valence electrons. The number of carbonyl (C=O) groups is 2. The van der Waals surface area contributed by atoms with Gasteiger partial charge in [-0.3, -0.25) is 14.9 Å². The maximum Gasteiger partial charge on any atom is 0.320 e. The third kappa shape index (κ3) is 4.61. The average molecular weight is 228 g/mol. The molecule has 1 saturated carbocycles. The number of unbranched alkanes of at least 4 members (excludes halogenated alkanes) is 1. The van der Waals surface area contributed by atoms with E-state index in [-0.39, 0.29) is 18.4 Å². The number of hydrogen-bond acceptors (Lipinski definition) is 3. The highest BCUT2D eigenvalue weighted by atomic mass is 16.4. The molecule has 0 heterocycles. The van der Waals surface area contributed by atoms with Crippen molar-refractivity contribution >= 4 is 11.9 Å². The molecule has 1 atom stereocenters. The first-order valence-corrected chi connectivity index (χ1v) is 5.88. The number of amides is 1. The molecule has 0 bridgehead atoms. The van der Waals surface area contributed by atoms with Gasteiger partial charge < -0.3 is 10.4 Å². The summed E-state index contributed by atoms with van der Waals surface area (Å²) in [6.07, 6.45) is 3.88. The third-order valence-electron chi connectivity index (χ3n) is 2.69. The van der Waals surface area contributed by atoms with E-state index in [1.54, 1.807) is 0 Å². The van der Waals surface area contributed by atoms with Crippen LogP contribution in [0, 0.1) is 5.92 Å². The van der Waals surface area contributed by atoms with Crippen LogP contribution >= 0.6 is 0 Å². The van der Waals surface area contributed by atoms with Crippen LogP contribution in [-0.2, 0) is 9.59 Å². The van der Waals surface area contributed by atoms with Gasteiger partial charge in [-0.15, -0.1) is 0 Å². The lowest BCUT2D eigenvalue weighted by Crippen LogP contribution is -2.44. The SMILES string of the molecule is CCCCNC(=O)CNC(C(=O)O)C1CC1. The van der Waals surface area contributed by atoms with Gasteiger partial charge in [0, 0.05) is 6.54 Å². The molecule has 1 amide bonds. The summed E-state index contributed by atoms with van der Waals surface area (Å²) in [7, 11) is 0. The van der Waals surface area contributed by atoms with Gasteiger partial charge in [-0.1, -0.05) is 13.3 Å². The van der Waals surface area contributed by atoms with Crippen LogP contribution < -0.4 is 10.6 Å². The largest absolute Gasteiger partial charge is 0.480 e. The van der Waals surface area contributed by atoms with Gasteiger partial charge in [0.25, 0.3) is 0 Å².